The quantitative estimate of drug-likeness (QED) is 0.352. The van der Waals surface area contributed by atoms with Gasteiger partial charge in [0.2, 0.25) is 0 Å². The number of carbonyl (C=O) groups excluding carboxylic acids is 2. The lowest BCUT2D eigenvalue weighted by Gasteiger charge is -2.28. The number of nitro benzene ring substituents is 1. The van der Waals surface area contributed by atoms with E-state index in [1.807, 2.05) is 0 Å². The fourth-order valence-corrected chi connectivity index (χ4v) is 3.17. The number of hydrogen-bond acceptors (Lipinski definition) is 6. The highest BCUT2D eigenvalue weighted by atomic mass is 16.6. The van der Waals surface area contributed by atoms with Gasteiger partial charge in [0.25, 0.3) is 5.69 Å². The van der Waals surface area contributed by atoms with E-state index < -0.39 is 22.7 Å². The maximum Gasteiger partial charge on any atom is 0.317 e. The van der Waals surface area contributed by atoms with E-state index in [0.717, 1.165) is 0 Å². The van der Waals surface area contributed by atoms with Crippen molar-refractivity contribution in [2.24, 2.45) is 5.92 Å². The minimum Gasteiger partial charge on any atom is -0.465 e. The van der Waals surface area contributed by atoms with Crippen LogP contribution >= 0.6 is 0 Å². The fourth-order valence-electron chi connectivity index (χ4n) is 3.17. The first-order valence-corrected chi connectivity index (χ1v) is 8.20. The molecular weight excluding hydrogens is 338 g/mol. The van der Waals surface area contributed by atoms with Gasteiger partial charge >= 0.3 is 5.97 Å². The second kappa shape index (κ2) is 7.35. The lowest BCUT2D eigenvalue weighted by atomic mass is 9.74. The van der Waals surface area contributed by atoms with Gasteiger partial charge in [-0.15, -0.1) is 0 Å². The van der Waals surface area contributed by atoms with Crippen LogP contribution in [-0.4, -0.2) is 23.3 Å². The van der Waals surface area contributed by atoms with Crippen molar-refractivity contribution < 1.29 is 23.7 Å². The van der Waals surface area contributed by atoms with Crippen molar-refractivity contribution in [3.05, 3.63) is 70.2 Å². The van der Waals surface area contributed by atoms with Crippen LogP contribution in [0.4, 0.5) is 5.69 Å². The number of non-ortho nitro benzene ring substituents is 1. The summed E-state index contributed by atoms with van der Waals surface area (Å²) in [6, 6.07) is 9.36. The summed E-state index contributed by atoms with van der Waals surface area (Å²) in [5.41, 5.74) is 1.30. The van der Waals surface area contributed by atoms with Crippen LogP contribution in [0.3, 0.4) is 0 Å². The van der Waals surface area contributed by atoms with Gasteiger partial charge in [0.05, 0.1) is 17.8 Å². The van der Waals surface area contributed by atoms with Gasteiger partial charge in [0.15, 0.2) is 5.78 Å². The maximum atomic E-state index is 12.6. The number of hydrogen-bond donors (Lipinski definition) is 0. The molecule has 0 unspecified atom stereocenters. The van der Waals surface area contributed by atoms with Crippen LogP contribution in [0.1, 0.15) is 30.6 Å². The molecule has 7 nitrogen and oxygen atoms in total. The summed E-state index contributed by atoms with van der Waals surface area (Å²) < 4.78 is 10.4. The Morgan fingerprint density at radius 2 is 2.04 bits per heavy atom. The third kappa shape index (κ3) is 3.42. The molecule has 7 heteroatoms. The molecule has 0 saturated carbocycles. The van der Waals surface area contributed by atoms with Crippen LogP contribution in [0.15, 0.2) is 53.2 Å². The zero-order valence-electron chi connectivity index (χ0n) is 14.1. The van der Waals surface area contributed by atoms with Gasteiger partial charge < -0.3 is 9.15 Å². The zero-order valence-corrected chi connectivity index (χ0v) is 14.1. The molecule has 0 bridgehead atoms. The average Bonchev–Trinajstić information content (AvgIpc) is 3.16. The minimum atomic E-state index is -0.977. The number of furan rings is 1. The molecule has 0 fully saturated rings. The number of nitro groups is 1. The van der Waals surface area contributed by atoms with E-state index in [-0.39, 0.29) is 18.1 Å². The second-order valence-corrected chi connectivity index (χ2v) is 5.94. The summed E-state index contributed by atoms with van der Waals surface area (Å²) >= 11 is 0. The number of ether oxygens (including phenoxy) is 1. The molecule has 134 valence electrons. The Morgan fingerprint density at radius 3 is 2.62 bits per heavy atom. The summed E-state index contributed by atoms with van der Waals surface area (Å²) in [5.74, 6) is -1.84. The van der Waals surface area contributed by atoms with E-state index >= 15 is 0 Å². The first-order chi connectivity index (χ1) is 12.5. The van der Waals surface area contributed by atoms with Gasteiger partial charge in [-0.25, -0.2) is 0 Å². The smallest absolute Gasteiger partial charge is 0.317 e. The zero-order chi connectivity index (χ0) is 18.7. The van der Waals surface area contributed by atoms with Gasteiger partial charge in [-0.2, -0.15) is 0 Å². The minimum absolute atomic E-state index is 0.0506. The number of allylic oxidation sites excluding steroid dienone is 2. The Kier molecular flexibility index (Phi) is 4.97. The van der Waals surface area contributed by atoms with Crippen LogP contribution in [-0.2, 0) is 14.3 Å². The van der Waals surface area contributed by atoms with Crippen molar-refractivity contribution in [2.45, 2.75) is 19.3 Å². The number of carbonyl (C=O) groups is 2. The molecule has 1 aromatic heterocycles. The summed E-state index contributed by atoms with van der Waals surface area (Å²) in [6.07, 6.45) is 3.32. The summed E-state index contributed by atoms with van der Waals surface area (Å²) in [5, 5.41) is 10.9. The fraction of sp³-hybridized carbons (Fsp3) is 0.263. The van der Waals surface area contributed by atoms with Crippen LogP contribution in [0.2, 0.25) is 0 Å². The molecule has 2 atom stereocenters. The summed E-state index contributed by atoms with van der Waals surface area (Å²) in [6.45, 7) is 1.85. The molecule has 26 heavy (non-hydrogen) atoms. The molecule has 1 aromatic carbocycles. The molecule has 0 amide bonds. The molecule has 0 radical (unpaired) electrons. The Balaban J connectivity index is 1.99. The first-order valence-electron chi connectivity index (χ1n) is 8.20. The van der Waals surface area contributed by atoms with E-state index in [1.54, 1.807) is 31.2 Å². The topological polar surface area (TPSA) is 99.7 Å². The predicted molar refractivity (Wildman–Crippen MR) is 92.3 cm³/mol. The summed E-state index contributed by atoms with van der Waals surface area (Å²) in [4.78, 5) is 35.4. The molecule has 3 rings (SSSR count). The highest BCUT2D eigenvalue weighted by molar-refractivity contribution is 6.10. The number of ketones is 1. The lowest BCUT2D eigenvalue weighted by molar-refractivity contribution is -0.384. The van der Waals surface area contributed by atoms with Crippen molar-refractivity contribution in [1.29, 1.82) is 0 Å². The van der Waals surface area contributed by atoms with Gasteiger partial charge in [-0.3, -0.25) is 19.7 Å². The number of nitrogens with zero attached hydrogens (tertiary/aromatic N) is 1. The Morgan fingerprint density at radius 1 is 1.31 bits per heavy atom. The lowest BCUT2D eigenvalue weighted by Crippen LogP contribution is -2.34. The molecule has 1 aliphatic rings. The van der Waals surface area contributed by atoms with Crippen molar-refractivity contribution in [1.82, 2.24) is 0 Å². The van der Waals surface area contributed by atoms with Gasteiger partial charge in [-0.05, 0) is 42.7 Å². The van der Waals surface area contributed by atoms with E-state index in [4.69, 9.17) is 9.15 Å². The van der Waals surface area contributed by atoms with Crippen molar-refractivity contribution in [3.8, 4) is 0 Å². The predicted octanol–water partition coefficient (Wildman–Crippen LogP) is 3.51. The molecule has 1 heterocycles. The van der Waals surface area contributed by atoms with Crippen molar-refractivity contribution >= 4 is 23.0 Å². The van der Waals surface area contributed by atoms with Crippen LogP contribution < -0.4 is 0 Å². The van der Waals surface area contributed by atoms with Crippen LogP contribution in [0, 0.1) is 16.0 Å². The maximum absolute atomic E-state index is 12.6. The SMILES string of the molecule is CCOC(=O)[C@@H]1C(=O)C=C(c2ccco2)C[C@H]1c1ccc([N+](=O)[O-])cc1. The number of rotatable bonds is 5. The molecule has 0 N–H and O–H groups in total. The Labute approximate surface area is 149 Å². The van der Waals surface area contributed by atoms with Crippen LogP contribution in [0.5, 0.6) is 0 Å². The Hall–Kier alpha value is -3.22. The monoisotopic (exact) mass is 355 g/mol. The standard InChI is InChI=1S/C19H17NO6/c1-2-25-19(22)18-15(12-5-7-14(8-6-12)20(23)24)10-13(11-16(18)21)17-4-3-9-26-17/h3-9,11,15,18H,2,10H2,1H3/t15-,18-/m0/s1. The third-order valence-electron chi connectivity index (χ3n) is 4.38. The molecule has 0 saturated heterocycles. The average molecular weight is 355 g/mol. The molecule has 1 aliphatic carbocycles. The molecule has 0 spiro atoms. The van der Waals surface area contributed by atoms with E-state index in [9.17, 15) is 19.7 Å². The molecular formula is C19H17NO6. The van der Waals surface area contributed by atoms with Gasteiger partial charge in [0.1, 0.15) is 11.7 Å². The van der Waals surface area contributed by atoms with Crippen molar-refractivity contribution in [2.75, 3.05) is 6.61 Å². The number of benzene rings is 1. The molecule has 0 aliphatic heterocycles. The van der Waals surface area contributed by atoms with Crippen molar-refractivity contribution in [3.63, 3.8) is 0 Å². The third-order valence-corrected chi connectivity index (χ3v) is 4.38. The highest BCUT2D eigenvalue weighted by Crippen LogP contribution is 2.40. The van der Waals surface area contributed by atoms with Gasteiger partial charge in [0, 0.05) is 18.1 Å². The van der Waals surface area contributed by atoms with E-state index in [2.05, 4.69) is 0 Å². The normalized spacial score (nSPS) is 19.7. The van der Waals surface area contributed by atoms with Gasteiger partial charge in [-0.1, -0.05) is 12.1 Å². The van der Waals surface area contributed by atoms with Crippen LogP contribution in [0.25, 0.3) is 5.57 Å². The molecule has 2 aromatic rings. The second-order valence-electron chi connectivity index (χ2n) is 5.94. The number of esters is 1. The first kappa shape index (κ1) is 17.6. The largest absolute Gasteiger partial charge is 0.465 e. The van der Waals surface area contributed by atoms with E-state index in [0.29, 0.717) is 23.3 Å². The van der Waals surface area contributed by atoms with E-state index in [1.165, 1.54) is 24.5 Å². The Bertz CT molecular complexity index is 851. The highest BCUT2D eigenvalue weighted by Gasteiger charge is 2.40. The summed E-state index contributed by atoms with van der Waals surface area (Å²) in [7, 11) is 0.